The van der Waals surface area contributed by atoms with E-state index in [-0.39, 0.29) is 10.8 Å². The van der Waals surface area contributed by atoms with Crippen LogP contribution in [-0.2, 0) is 10.0 Å². The molecule has 1 aliphatic carbocycles. The summed E-state index contributed by atoms with van der Waals surface area (Å²) in [6, 6.07) is 6.66. The highest BCUT2D eigenvalue weighted by Gasteiger charge is 2.51. The lowest BCUT2D eigenvalue weighted by Gasteiger charge is -2.25. The van der Waals surface area contributed by atoms with E-state index in [1.807, 2.05) is 0 Å². The lowest BCUT2D eigenvalue weighted by molar-refractivity contribution is 0.346. The fourth-order valence-electron chi connectivity index (χ4n) is 3.05. The Balaban J connectivity index is 1.49. The SMILES string of the molecule is O=S(=O)(c1cccc(-c2nnc(SC[C@H]3CC3(Cl)Cl)o2)c1)N1CCCCC1. The molecular weight excluding hydrogens is 429 g/mol. The second kappa shape index (κ2) is 7.55. The van der Waals surface area contributed by atoms with Crippen LogP contribution in [0, 0.1) is 5.92 Å². The first-order chi connectivity index (χ1) is 12.9. The number of hydrogen-bond acceptors (Lipinski definition) is 6. The molecule has 0 bridgehead atoms. The molecule has 2 heterocycles. The van der Waals surface area contributed by atoms with Gasteiger partial charge in [0.2, 0.25) is 15.9 Å². The van der Waals surface area contributed by atoms with Crippen LogP contribution < -0.4 is 0 Å². The number of sulfonamides is 1. The summed E-state index contributed by atoms with van der Waals surface area (Å²) in [7, 11) is -3.50. The molecule has 0 N–H and O–H groups in total. The van der Waals surface area contributed by atoms with Gasteiger partial charge in [-0.05, 0) is 37.5 Å². The molecule has 10 heteroatoms. The number of hydrogen-bond donors (Lipinski definition) is 0. The fraction of sp³-hybridized carbons (Fsp3) is 0.529. The molecule has 1 saturated carbocycles. The summed E-state index contributed by atoms with van der Waals surface area (Å²) in [5, 5.41) is 8.49. The normalized spacial score (nSPS) is 22.7. The molecule has 2 aliphatic rings. The summed E-state index contributed by atoms with van der Waals surface area (Å²) in [5.74, 6) is 1.23. The molecule has 2 fully saturated rings. The Morgan fingerprint density at radius 1 is 1.22 bits per heavy atom. The van der Waals surface area contributed by atoms with E-state index in [9.17, 15) is 8.42 Å². The highest BCUT2D eigenvalue weighted by Crippen LogP contribution is 2.54. The molecule has 2 aromatic rings. The Kier molecular flexibility index (Phi) is 5.46. The molecule has 4 rings (SSSR count). The van der Waals surface area contributed by atoms with E-state index in [0.29, 0.717) is 35.5 Å². The van der Waals surface area contributed by atoms with E-state index < -0.39 is 14.4 Å². The molecule has 1 aromatic heterocycles. The second-order valence-corrected chi connectivity index (χ2v) is 11.3. The van der Waals surface area contributed by atoms with Gasteiger partial charge >= 0.3 is 0 Å². The zero-order valence-corrected chi connectivity index (χ0v) is 17.6. The first-order valence-corrected chi connectivity index (χ1v) is 12.0. The van der Waals surface area contributed by atoms with Crippen LogP contribution in [0.4, 0.5) is 0 Å². The van der Waals surface area contributed by atoms with Crippen LogP contribution in [0.5, 0.6) is 0 Å². The number of benzene rings is 1. The summed E-state index contributed by atoms with van der Waals surface area (Å²) in [6.45, 7) is 1.13. The molecule has 27 heavy (non-hydrogen) atoms. The number of aromatic nitrogens is 2. The van der Waals surface area contributed by atoms with Crippen molar-refractivity contribution >= 4 is 45.0 Å². The van der Waals surface area contributed by atoms with Gasteiger partial charge in [-0.25, -0.2) is 8.42 Å². The zero-order valence-electron chi connectivity index (χ0n) is 14.5. The van der Waals surface area contributed by atoms with Crippen molar-refractivity contribution in [1.29, 1.82) is 0 Å². The van der Waals surface area contributed by atoms with Crippen molar-refractivity contribution in [3.63, 3.8) is 0 Å². The standard InChI is InChI=1S/C17H19Cl2N3O3S2/c18-17(19)10-13(17)11-26-16-21-20-15(25-16)12-5-4-6-14(9-12)27(23,24)22-7-2-1-3-8-22/h4-6,9,13H,1-3,7-8,10-11H2/t13-/m1/s1. The second-order valence-electron chi connectivity index (χ2n) is 6.84. The van der Waals surface area contributed by atoms with Gasteiger partial charge in [-0.3, -0.25) is 0 Å². The number of piperidine rings is 1. The highest BCUT2D eigenvalue weighted by atomic mass is 35.5. The van der Waals surface area contributed by atoms with E-state index in [1.165, 1.54) is 11.8 Å². The third-order valence-corrected chi connectivity index (χ3v) is 8.61. The van der Waals surface area contributed by atoms with E-state index in [1.54, 1.807) is 28.6 Å². The predicted octanol–water partition coefficient (Wildman–Crippen LogP) is 4.20. The first-order valence-electron chi connectivity index (χ1n) is 8.81. The van der Waals surface area contributed by atoms with Crippen molar-refractivity contribution in [2.24, 2.45) is 5.92 Å². The lowest BCUT2D eigenvalue weighted by atomic mass is 10.2. The van der Waals surface area contributed by atoms with Crippen LogP contribution in [-0.4, -0.2) is 46.1 Å². The van der Waals surface area contributed by atoms with Gasteiger partial charge in [0.1, 0.15) is 4.33 Å². The van der Waals surface area contributed by atoms with Crippen LogP contribution >= 0.6 is 35.0 Å². The lowest BCUT2D eigenvalue weighted by Crippen LogP contribution is -2.35. The van der Waals surface area contributed by atoms with Gasteiger partial charge in [0.15, 0.2) is 0 Å². The van der Waals surface area contributed by atoms with Crippen LogP contribution in [0.25, 0.3) is 11.5 Å². The molecule has 1 saturated heterocycles. The van der Waals surface area contributed by atoms with Gasteiger partial charge in [0.05, 0.1) is 4.90 Å². The van der Waals surface area contributed by atoms with Crippen LogP contribution in [0.15, 0.2) is 38.8 Å². The molecule has 1 atom stereocenters. The smallest absolute Gasteiger partial charge is 0.276 e. The van der Waals surface area contributed by atoms with Crippen molar-refractivity contribution in [3.05, 3.63) is 24.3 Å². The number of rotatable bonds is 6. The Labute approximate surface area is 172 Å². The summed E-state index contributed by atoms with van der Waals surface area (Å²) in [6.07, 6.45) is 3.64. The van der Waals surface area contributed by atoms with Crippen LogP contribution in [0.2, 0.25) is 0 Å². The molecule has 0 radical (unpaired) electrons. The molecule has 0 unspecified atom stereocenters. The number of halogens is 2. The molecule has 1 aromatic carbocycles. The highest BCUT2D eigenvalue weighted by molar-refractivity contribution is 7.99. The minimum Gasteiger partial charge on any atom is -0.411 e. The number of alkyl halides is 2. The minimum absolute atomic E-state index is 0.221. The number of nitrogens with zero attached hydrogens (tertiary/aromatic N) is 3. The van der Waals surface area contributed by atoms with Gasteiger partial charge in [0, 0.05) is 30.3 Å². The largest absolute Gasteiger partial charge is 0.411 e. The average Bonchev–Trinajstić information content (AvgIpc) is 3.06. The van der Waals surface area contributed by atoms with Gasteiger partial charge in [-0.1, -0.05) is 24.2 Å². The molecular formula is C17H19Cl2N3O3S2. The molecule has 0 spiro atoms. The Morgan fingerprint density at radius 2 is 1.96 bits per heavy atom. The van der Waals surface area contributed by atoms with E-state index in [2.05, 4.69) is 10.2 Å². The van der Waals surface area contributed by atoms with Crippen molar-refractivity contribution in [2.45, 2.75) is 40.1 Å². The predicted molar refractivity (Wildman–Crippen MR) is 106 cm³/mol. The maximum atomic E-state index is 12.9. The van der Waals surface area contributed by atoms with E-state index in [4.69, 9.17) is 27.6 Å². The van der Waals surface area contributed by atoms with Crippen molar-refractivity contribution in [2.75, 3.05) is 18.8 Å². The van der Waals surface area contributed by atoms with Crippen molar-refractivity contribution < 1.29 is 12.8 Å². The van der Waals surface area contributed by atoms with Gasteiger partial charge in [-0.15, -0.1) is 33.4 Å². The van der Waals surface area contributed by atoms with Gasteiger partial charge in [0.25, 0.3) is 5.22 Å². The Bertz CT molecular complexity index is 927. The van der Waals surface area contributed by atoms with E-state index >= 15 is 0 Å². The van der Waals surface area contributed by atoms with Gasteiger partial charge < -0.3 is 4.42 Å². The third kappa shape index (κ3) is 4.29. The van der Waals surface area contributed by atoms with Crippen molar-refractivity contribution in [3.8, 4) is 11.5 Å². The summed E-state index contributed by atoms with van der Waals surface area (Å²) in [4.78, 5) is 0.251. The monoisotopic (exact) mass is 447 g/mol. The molecule has 0 amide bonds. The van der Waals surface area contributed by atoms with Crippen molar-refractivity contribution in [1.82, 2.24) is 14.5 Å². The fourth-order valence-corrected chi connectivity index (χ4v) is 6.31. The quantitative estimate of drug-likeness (QED) is 0.487. The van der Waals surface area contributed by atoms with Crippen LogP contribution in [0.1, 0.15) is 25.7 Å². The maximum absolute atomic E-state index is 12.9. The summed E-state index contributed by atoms with van der Waals surface area (Å²) < 4.78 is 32.3. The molecule has 146 valence electrons. The molecule has 1 aliphatic heterocycles. The topological polar surface area (TPSA) is 76.3 Å². The van der Waals surface area contributed by atoms with Gasteiger partial charge in [-0.2, -0.15) is 4.31 Å². The first kappa shape index (κ1) is 19.5. The number of thioether (sulfide) groups is 1. The Hall–Kier alpha value is -0.800. The Morgan fingerprint density at radius 3 is 2.67 bits per heavy atom. The third-order valence-electron chi connectivity index (χ3n) is 4.80. The molecule has 6 nitrogen and oxygen atoms in total. The summed E-state index contributed by atoms with van der Waals surface area (Å²) in [5.41, 5.74) is 0.586. The zero-order chi connectivity index (χ0) is 19.1. The average molecular weight is 448 g/mol. The minimum atomic E-state index is -3.50. The summed E-state index contributed by atoms with van der Waals surface area (Å²) >= 11 is 13.5. The van der Waals surface area contributed by atoms with E-state index in [0.717, 1.165) is 25.7 Å². The van der Waals surface area contributed by atoms with Crippen LogP contribution in [0.3, 0.4) is 0 Å². The maximum Gasteiger partial charge on any atom is 0.276 e.